The zero-order valence-corrected chi connectivity index (χ0v) is 18.9. The Morgan fingerprint density at radius 3 is 2.03 bits per heavy atom. The van der Waals surface area contributed by atoms with Gasteiger partial charge in [-0.05, 0) is 56.1 Å². The monoisotopic (exact) mass is 436 g/mol. The van der Waals surface area contributed by atoms with Crippen molar-refractivity contribution < 1.29 is 21.8 Å². The maximum atomic E-state index is 13.0. The Hall–Kier alpha value is -2.45. The van der Waals surface area contributed by atoms with Crippen molar-refractivity contribution >= 4 is 16.0 Å². The summed E-state index contributed by atoms with van der Waals surface area (Å²) in [6.45, 7) is 7.38. The molecule has 0 unspecified atom stereocenters. The summed E-state index contributed by atoms with van der Waals surface area (Å²) >= 11 is 0. The molecule has 8 heteroatoms. The third-order valence-electron chi connectivity index (χ3n) is 4.35. The van der Waals surface area contributed by atoms with Gasteiger partial charge in [0.25, 0.3) is 0 Å². The highest BCUT2D eigenvalue weighted by Crippen LogP contribution is 2.22. The maximum absolute atomic E-state index is 13.0. The second kappa shape index (κ2) is 9.57. The van der Waals surface area contributed by atoms with Gasteiger partial charge in [0.2, 0.25) is 5.91 Å². The van der Waals surface area contributed by atoms with E-state index >= 15 is 0 Å². The molecule has 0 saturated heterocycles. The van der Waals surface area contributed by atoms with Gasteiger partial charge in [-0.3, -0.25) is 4.79 Å². The van der Waals surface area contributed by atoms with Crippen molar-refractivity contribution in [2.75, 3.05) is 27.2 Å². The van der Waals surface area contributed by atoms with Gasteiger partial charge in [0.15, 0.2) is 0 Å². The number of carbonyl (C=O) groups is 1. The highest BCUT2D eigenvalue weighted by molar-refractivity contribution is 7.87. The predicted molar refractivity (Wildman–Crippen MR) is 114 cm³/mol. The molecule has 1 amide bonds. The summed E-state index contributed by atoms with van der Waals surface area (Å²) in [4.78, 5) is 16.5. The van der Waals surface area contributed by atoms with Crippen molar-refractivity contribution in [3.8, 4) is 5.75 Å². The Morgan fingerprint density at radius 2 is 1.53 bits per heavy atom. The highest BCUT2D eigenvalue weighted by Gasteiger charge is 2.27. The molecule has 0 aromatic heterocycles. The summed E-state index contributed by atoms with van der Waals surface area (Å²) in [7, 11) is -0.150. The molecule has 0 atom stereocenters. The van der Waals surface area contributed by atoms with Crippen LogP contribution in [0.1, 0.15) is 26.3 Å². The van der Waals surface area contributed by atoms with E-state index in [1.807, 2.05) is 39.8 Å². The Labute approximate surface area is 178 Å². The molecule has 164 valence electrons. The minimum atomic E-state index is -4.05. The quantitative estimate of drug-likeness (QED) is 0.593. The van der Waals surface area contributed by atoms with E-state index in [-0.39, 0.29) is 16.6 Å². The van der Waals surface area contributed by atoms with Crippen molar-refractivity contribution in [2.24, 2.45) is 5.41 Å². The minimum Gasteiger partial charge on any atom is -0.379 e. The number of benzene rings is 2. The number of rotatable bonds is 8. The molecule has 0 spiro atoms. The van der Waals surface area contributed by atoms with E-state index in [1.165, 1.54) is 0 Å². The molecule has 0 aliphatic rings. The molecular formula is C22H29FN2O4S. The zero-order chi connectivity index (χ0) is 22.5. The van der Waals surface area contributed by atoms with Crippen LogP contribution in [0, 0.1) is 11.2 Å². The third-order valence-corrected chi connectivity index (χ3v) is 5.61. The average Bonchev–Trinajstić information content (AvgIpc) is 2.65. The lowest BCUT2D eigenvalue weighted by Gasteiger charge is -2.30. The third kappa shape index (κ3) is 6.81. The number of amides is 1. The van der Waals surface area contributed by atoms with E-state index < -0.39 is 21.4 Å². The molecule has 6 nitrogen and oxygen atoms in total. The van der Waals surface area contributed by atoms with E-state index in [1.54, 1.807) is 29.2 Å². The summed E-state index contributed by atoms with van der Waals surface area (Å²) in [6, 6.07) is 11.0. The molecular weight excluding hydrogens is 407 g/mol. The van der Waals surface area contributed by atoms with Crippen LogP contribution in [0.15, 0.2) is 53.4 Å². The second-order valence-corrected chi connectivity index (χ2v) is 9.96. The van der Waals surface area contributed by atoms with Crippen LogP contribution in [0.3, 0.4) is 0 Å². The topological polar surface area (TPSA) is 66.9 Å². The number of hydrogen-bond donors (Lipinski definition) is 0. The van der Waals surface area contributed by atoms with Gasteiger partial charge < -0.3 is 14.0 Å². The summed E-state index contributed by atoms with van der Waals surface area (Å²) in [6.07, 6.45) is 0. The molecule has 0 radical (unpaired) electrons. The predicted octanol–water partition coefficient (Wildman–Crippen LogP) is 3.53. The van der Waals surface area contributed by atoms with Gasteiger partial charge in [-0.1, -0.05) is 32.9 Å². The van der Waals surface area contributed by atoms with Gasteiger partial charge in [-0.25, -0.2) is 4.39 Å². The van der Waals surface area contributed by atoms with Gasteiger partial charge in [0.1, 0.15) is 16.5 Å². The van der Waals surface area contributed by atoms with Gasteiger partial charge >= 0.3 is 10.1 Å². The number of hydrogen-bond acceptors (Lipinski definition) is 5. The first-order valence-electron chi connectivity index (χ1n) is 9.61. The van der Waals surface area contributed by atoms with Crippen LogP contribution in [-0.4, -0.2) is 51.3 Å². The fraction of sp³-hybridized carbons (Fsp3) is 0.409. The van der Waals surface area contributed by atoms with Crippen molar-refractivity contribution in [1.82, 2.24) is 9.80 Å². The Balaban J connectivity index is 2.12. The smallest absolute Gasteiger partial charge is 0.339 e. The molecule has 0 aliphatic carbocycles. The standard InChI is InChI=1S/C22H29FN2O4S/c1-22(2,3)21(26)25(15-14-24(4)5)16-17-6-10-19(11-7-17)29-30(27,28)20-12-8-18(23)9-13-20/h6-13H,14-16H2,1-5H3. The Kier molecular flexibility index (Phi) is 7.60. The van der Waals surface area contributed by atoms with Crippen LogP contribution in [0.25, 0.3) is 0 Å². The summed E-state index contributed by atoms with van der Waals surface area (Å²) in [5, 5.41) is 0. The lowest BCUT2D eigenvalue weighted by Crippen LogP contribution is -2.42. The van der Waals surface area contributed by atoms with Crippen LogP contribution < -0.4 is 4.18 Å². The van der Waals surface area contributed by atoms with Gasteiger partial charge in [0, 0.05) is 25.0 Å². The van der Waals surface area contributed by atoms with Crippen LogP contribution in [0.4, 0.5) is 4.39 Å². The molecule has 0 bridgehead atoms. The van der Waals surface area contributed by atoms with Crippen molar-refractivity contribution in [3.05, 3.63) is 59.9 Å². The first-order chi connectivity index (χ1) is 13.9. The lowest BCUT2D eigenvalue weighted by atomic mass is 9.94. The first kappa shape index (κ1) is 23.8. The first-order valence-corrected chi connectivity index (χ1v) is 11.0. The number of carbonyl (C=O) groups excluding carboxylic acids is 1. The van der Waals surface area contributed by atoms with E-state index in [9.17, 15) is 17.6 Å². The molecule has 2 aromatic carbocycles. The number of likely N-dealkylation sites (N-methyl/N-ethyl adjacent to an activating group) is 1. The zero-order valence-electron chi connectivity index (χ0n) is 18.1. The Bertz CT molecular complexity index is 950. The summed E-state index contributed by atoms with van der Waals surface area (Å²) in [5.74, 6) is -0.337. The fourth-order valence-electron chi connectivity index (χ4n) is 2.69. The molecule has 2 aromatic rings. The van der Waals surface area contributed by atoms with E-state index in [2.05, 4.69) is 0 Å². The van der Waals surface area contributed by atoms with Crippen LogP contribution in [-0.2, 0) is 21.5 Å². The molecule has 0 heterocycles. The number of halogens is 1. The second-order valence-electron chi connectivity index (χ2n) is 8.42. The highest BCUT2D eigenvalue weighted by atomic mass is 32.2. The van der Waals surface area contributed by atoms with Crippen molar-refractivity contribution in [2.45, 2.75) is 32.2 Å². The largest absolute Gasteiger partial charge is 0.379 e. The molecule has 0 saturated carbocycles. The fourth-order valence-corrected chi connectivity index (χ4v) is 3.62. The van der Waals surface area contributed by atoms with E-state index in [4.69, 9.17) is 4.18 Å². The molecule has 0 aliphatic heterocycles. The van der Waals surface area contributed by atoms with E-state index in [0.29, 0.717) is 13.1 Å². The van der Waals surface area contributed by atoms with Gasteiger partial charge in [0.05, 0.1) is 0 Å². The lowest BCUT2D eigenvalue weighted by molar-refractivity contribution is -0.140. The SMILES string of the molecule is CN(C)CCN(Cc1ccc(OS(=O)(=O)c2ccc(F)cc2)cc1)C(=O)C(C)(C)C. The maximum Gasteiger partial charge on any atom is 0.339 e. The summed E-state index contributed by atoms with van der Waals surface area (Å²) in [5.41, 5.74) is 0.358. The average molecular weight is 437 g/mol. The number of nitrogens with zero attached hydrogens (tertiary/aromatic N) is 2. The van der Waals surface area contributed by atoms with Gasteiger partial charge in [-0.15, -0.1) is 0 Å². The van der Waals surface area contributed by atoms with Gasteiger partial charge in [-0.2, -0.15) is 8.42 Å². The Morgan fingerprint density at radius 1 is 0.967 bits per heavy atom. The molecule has 30 heavy (non-hydrogen) atoms. The van der Waals surface area contributed by atoms with Crippen molar-refractivity contribution in [1.29, 1.82) is 0 Å². The van der Waals surface area contributed by atoms with E-state index in [0.717, 1.165) is 36.4 Å². The minimum absolute atomic E-state index is 0.0450. The molecule has 2 rings (SSSR count). The van der Waals surface area contributed by atoms with Crippen LogP contribution >= 0.6 is 0 Å². The molecule has 0 N–H and O–H groups in total. The molecule has 0 fully saturated rings. The van der Waals surface area contributed by atoms with Crippen molar-refractivity contribution in [3.63, 3.8) is 0 Å². The van der Waals surface area contributed by atoms with Crippen LogP contribution in [0.5, 0.6) is 5.75 Å². The normalized spacial score (nSPS) is 12.1. The van der Waals surface area contributed by atoms with Crippen LogP contribution in [0.2, 0.25) is 0 Å². The summed E-state index contributed by atoms with van der Waals surface area (Å²) < 4.78 is 42.8.